The summed E-state index contributed by atoms with van der Waals surface area (Å²) in [5.74, 6) is 0.874. The Kier molecular flexibility index (Phi) is 5.92. The van der Waals surface area contributed by atoms with E-state index in [0.717, 1.165) is 30.9 Å². The van der Waals surface area contributed by atoms with Crippen LogP contribution < -0.4 is 5.32 Å². The zero-order valence-electron chi connectivity index (χ0n) is 13.9. The van der Waals surface area contributed by atoms with Gasteiger partial charge in [0.25, 0.3) is 0 Å². The minimum absolute atomic E-state index is 0.230. The summed E-state index contributed by atoms with van der Waals surface area (Å²) in [6.45, 7) is 3.69. The second-order valence-electron chi connectivity index (χ2n) is 6.96. The van der Waals surface area contributed by atoms with Gasteiger partial charge in [0.15, 0.2) is 0 Å². The van der Waals surface area contributed by atoms with Crippen LogP contribution in [-0.2, 0) is 11.3 Å². The highest BCUT2D eigenvalue weighted by atomic mass is 16.5. The highest BCUT2D eigenvalue weighted by Gasteiger charge is 2.25. The largest absolute Gasteiger partial charge is 0.445 e. The number of ether oxygens (including phenoxy) is 1. The molecule has 4 nitrogen and oxygen atoms in total. The van der Waals surface area contributed by atoms with E-state index in [2.05, 4.69) is 10.2 Å². The molecule has 3 rings (SSSR count). The smallest absolute Gasteiger partial charge is 0.407 e. The number of nitrogens with one attached hydrogen (secondary N) is 1. The third kappa shape index (κ3) is 5.24. The maximum absolute atomic E-state index is 12.0. The van der Waals surface area contributed by atoms with Crippen LogP contribution in [0.1, 0.15) is 44.1 Å². The molecule has 23 heavy (non-hydrogen) atoms. The second-order valence-corrected chi connectivity index (χ2v) is 6.96. The summed E-state index contributed by atoms with van der Waals surface area (Å²) in [7, 11) is 0. The van der Waals surface area contributed by atoms with E-state index in [1.807, 2.05) is 30.3 Å². The van der Waals surface area contributed by atoms with E-state index >= 15 is 0 Å². The van der Waals surface area contributed by atoms with Crippen LogP contribution in [0.25, 0.3) is 0 Å². The van der Waals surface area contributed by atoms with Crippen molar-refractivity contribution in [2.45, 2.75) is 51.2 Å². The van der Waals surface area contributed by atoms with Gasteiger partial charge in [-0.05, 0) is 43.7 Å². The van der Waals surface area contributed by atoms with Gasteiger partial charge in [-0.25, -0.2) is 4.79 Å². The van der Waals surface area contributed by atoms with Crippen LogP contribution in [0.3, 0.4) is 0 Å². The molecule has 0 radical (unpaired) electrons. The summed E-state index contributed by atoms with van der Waals surface area (Å²) in [5, 5.41) is 3.04. The van der Waals surface area contributed by atoms with Gasteiger partial charge < -0.3 is 15.0 Å². The minimum Gasteiger partial charge on any atom is -0.445 e. The number of likely N-dealkylation sites (tertiary alicyclic amines) is 1. The minimum atomic E-state index is -0.290. The topological polar surface area (TPSA) is 41.6 Å². The molecule has 1 unspecified atom stereocenters. The van der Waals surface area contributed by atoms with Crippen molar-refractivity contribution < 1.29 is 9.53 Å². The van der Waals surface area contributed by atoms with E-state index in [1.54, 1.807) is 0 Å². The van der Waals surface area contributed by atoms with Gasteiger partial charge in [-0.3, -0.25) is 0 Å². The van der Waals surface area contributed by atoms with Gasteiger partial charge >= 0.3 is 6.09 Å². The summed E-state index contributed by atoms with van der Waals surface area (Å²) >= 11 is 0. The molecule has 1 atom stereocenters. The fourth-order valence-electron chi connectivity index (χ4n) is 3.83. The van der Waals surface area contributed by atoms with Gasteiger partial charge in [0.2, 0.25) is 0 Å². The number of nitrogens with zero attached hydrogens (tertiary/aromatic N) is 1. The van der Waals surface area contributed by atoms with Gasteiger partial charge in [0.05, 0.1) is 0 Å². The zero-order chi connectivity index (χ0) is 15.9. The van der Waals surface area contributed by atoms with Crippen molar-refractivity contribution >= 4 is 6.09 Å². The first-order valence-electron chi connectivity index (χ1n) is 8.99. The van der Waals surface area contributed by atoms with Gasteiger partial charge in [-0.2, -0.15) is 0 Å². The summed E-state index contributed by atoms with van der Waals surface area (Å²) in [4.78, 5) is 14.5. The molecular formula is C19H28N2O2. The Morgan fingerprint density at radius 3 is 2.70 bits per heavy atom. The molecule has 1 N–H and O–H groups in total. The highest BCUT2D eigenvalue weighted by Crippen LogP contribution is 2.26. The first kappa shape index (κ1) is 16.3. The number of alkyl carbamates (subject to hydrolysis) is 1. The van der Waals surface area contributed by atoms with Gasteiger partial charge in [0, 0.05) is 19.1 Å². The lowest BCUT2D eigenvalue weighted by Crippen LogP contribution is -2.48. The molecule has 0 aromatic heterocycles. The standard InChI is InChI=1S/C19H28N2O2/c22-19(23-15-17-9-2-1-3-10-17)20-18-11-6-12-21(14-18)13-16-7-4-5-8-16/h1-3,9-10,16,18H,4-8,11-15H2,(H,20,22). The Balaban J connectivity index is 1.39. The monoisotopic (exact) mass is 316 g/mol. The lowest BCUT2D eigenvalue weighted by Gasteiger charge is -2.34. The Hall–Kier alpha value is -1.55. The molecule has 1 heterocycles. The number of benzene rings is 1. The van der Waals surface area contributed by atoms with Crippen LogP contribution in [0.15, 0.2) is 30.3 Å². The maximum atomic E-state index is 12.0. The molecule has 1 aliphatic carbocycles. The van der Waals surface area contributed by atoms with Crippen LogP contribution in [0.2, 0.25) is 0 Å². The number of piperidine rings is 1. The van der Waals surface area contributed by atoms with Crippen molar-refractivity contribution in [2.24, 2.45) is 5.92 Å². The normalized spacial score (nSPS) is 22.9. The fourth-order valence-corrected chi connectivity index (χ4v) is 3.83. The molecule has 2 fully saturated rings. The SMILES string of the molecule is O=C(NC1CCCN(CC2CCCC2)C1)OCc1ccccc1. The molecule has 1 aromatic carbocycles. The average molecular weight is 316 g/mol. The molecule has 1 amide bonds. The molecule has 0 bridgehead atoms. The van der Waals surface area contributed by atoms with Crippen molar-refractivity contribution in [1.82, 2.24) is 10.2 Å². The van der Waals surface area contributed by atoms with Crippen molar-refractivity contribution in [2.75, 3.05) is 19.6 Å². The van der Waals surface area contributed by atoms with E-state index < -0.39 is 0 Å². The van der Waals surface area contributed by atoms with Crippen LogP contribution in [0.4, 0.5) is 4.79 Å². The molecule has 126 valence electrons. The molecule has 2 aliphatic rings. The molecule has 1 aliphatic heterocycles. The van der Waals surface area contributed by atoms with Crippen LogP contribution in [0.5, 0.6) is 0 Å². The predicted octanol–water partition coefficient (Wildman–Crippen LogP) is 3.57. The second kappa shape index (κ2) is 8.34. The molecular weight excluding hydrogens is 288 g/mol. The molecule has 4 heteroatoms. The third-order valence-corrected chi connectivity index (χ3v) is 5.03. The lowest BCUT2D eigenvalue weighted by atomic mass is 10.0. The average Bonchev–Trinajstić information content (AvgIpc) is 3.07. The van der Waals surface area contributed by atoms with Crippen molar-refractivity contribution in [3.63, 3.8) is 0 Å². The Bertz CT molecular complexity index is 485. The Morgan fingerprint density at radius 1 is 1.13 bits per heavy atom. The number of hydrogen-bond donors (Lipinski definition) is 1. The Labute approximate surface area is 139 Å². The number of carbonyl (C=O) groups is 1. The van der Waals surface area contributed by atoms with Crippen LogP contribution >= 0.6 is 0 Å². The van der Waals surface area contributed by atoms with Gasteiger partial charge in [-0.15, -0.1) is 0 Å². The van der Waals surface area contributed by atoms with E-state index in [0.29, 0.717) is 6.61 Å². The van der Waals surface area contributed by atoms with Crippen LogP contribution in [-0.4, -0.2) is 36.7 Å². The van der Waals surface area contributed by atoms with E-state index in [-0.39, 0.29) is 12.1 Å². The number of amides is 1. The molecule has 1 aromatic rings. The maximum Gasteiger partial charge on any atom is 0.407 e. The number of carbonyl (C=O) groups excluding carboxylic acids is 1. The van der Waals surface area contributed by atoms with Crippen LogP contribution in [0, 0.1) is 5.92 Å². The number of rotatable bonds is 5. The molecule has 1 saturated heterocycles. The van der Waals surface area contributed by atoms with Crippen molar-refractivity contribution in [3.8, 4) is 0 Å². The third-order valence-electron chi connectivity index (χ3n) is 5.03. The summed E-state index contributed by atoms with van der Waals surface area (Å²) in [6, 6.07) is 10.0. The Morgan fingerprint density at radius 2 is 1.91 bits per heavy atom. The predicted molar refractivity (Wildman–Crippen MR) is 91.2 cm³/mol. The first-order chi connectivity index (χ1) is 11.3. The molecule has 0 spiro atoms. The number of hydrogen-bond acceptors (Lipinski definition) is 3. The summed E-state index contributed by atoms with van der Waals surface area (Å²) in [5.41, 5.74) is 1.02. The first-order valence-corrected chi connectivity index (χ1v) is 8.99. The summed E-state index contributed by atoms with van der Waals surface area (Å²) < 4.78 is 5.33. The van der Waals surface area contributed by atoms with Crippen molar-refractivity contribution in [3.05, 3.63) is 35.9 Å². The van der Waals surface area contributed by atoms with E-state index in [1.165, 1.54) is 38.8 Å². The lowest BCUT2D eigenvalue weighted by molar-refractivity contribution is 0.120. The van der Waals surface area contributed by atoms with Gasteiger partial charge in [0.1, 0.15) is 6.61 Å². The van der Waals surface area contributed by atoms with E-state index in [9.17, 15) is 4.79 Å². The summed E-state index contributed by atoms with van der Waals surface area (Å²) in [6.07, 6.45) is 7.48. The van der Waals surface area contributed by atoms with Crippen molar-refractivity contribution in [1.29, 1.82) is 0 Å². The van der Waals surface area contributed by atoms with E-state index in [4.69, 9.17) is 4.74 Å². The molecule has 1 saturated carbocycles. The van der Waals surface area contributed by atoms with Gasteiger partial charge in [-0.1, -0.05) is 43.2 Å². The fraction of sp³-hybridized carbons (Fsp3) is 0.632. The quantitative estimate of drug-likeness (QED) is 0.903. The zero-order valence-corrected chi connectivity index (χ0v) is 13.9. The highest BCUT2D eigenvalue weighted by molar-refractivity contribution is 5.67.